The van der Waals surface area contributed by atoms with Crippen LogP contribution in [0.5, 0.6) is 0 Å². The SMILES string of the molecule is CCn1nc(C)cc1CN1CCC(OCCN)CC1. The smallest absolute Gasteiger partial charge is 0.0600 e. The van der Waals surface area contributed by atoms with Crippen LogP contribution in [-0.4, -0.2) is 47.0 Å². The second-order valence-electron chi connectivity index (χ2n) is 5.23. The first kappa shape index (κ1) is 14.5. The number of piperidine rings is 1. The van der Waals surface area contributed by atoms with Gasteiger partial charge < -0.3 is 10.5 Å². The maximum Gasteiger partial charge on any atom is 0.0600 e. The monoisotopic (exact) mass is 266 g/mol. The topological polar surface area (TPSA) is 56.3 Å². The Hall–Kier alpha value is -0.910. The number of nitrogens with zero attached hydrogens (tertiary/aromatic N) is 3. The second-order valence-corrected chi connectivity index (χ2v) is 5.23. The Balaban J connectivity index is 1.81. The molecule has 1 fully saturated rings. The van der Waals surface area contributed by atoms with Crippen molar-refractivity contribution in [3.05, 3.63) is 17.5 Å². The summed E-state index contributed by atoms with van der Waals surface area (Å²) in [6.07, 6.45) is 2.62. The van der Waals surface area contributed by atoms with Crippen molar-refractivity contribution in [3.63, 3.8) is 0 Å². The first-order valence-electron chi connectivity index (χ1n) is 7.30. The number of rotatable bonds is 6. The standard InChI is InChI=1S/C14H26N4O/c1-3-18-13(10-12(2)16-18)11-17-7-4-14(5-8-17)19-9-6-15/h10,14H,3-9,11,15H2,1-2H3. The summed E-state index contributed by atoms with van der Waals surface area (Å²) in [4.78, 5) is 2.49. The Bertz CT molecular complexity index is 383. The molecule has 108 valence electrons. The summed E-state index contributed by atoms with van der Waals surface area (Å²) in [5.41, 5.74) is 7.89. The van der Waals surface area contributed by atoms with Gasteiger partial charge in [-0.3, -0.25) is 9.58 Å². The van der Waals surface area contributed by atoms with E-state index >= 15 is 0 Å². The van der Waals surface area contributed by atoms with Gasteiger partial charge >= 0.3 is 0 Å². The third-order valence-electron chi connectivity index (χ3n) is 3.68. The molecule has 0 unspecified atom stereocenters. The average molecular weight is 266 g/mol. The number of hydrogen-bond acceptors (Lipinski definition) is 4. The first-order chi connectivity index (χ1) is 9.22. The van der Waals surface area contributed by atoms with Gasteiger partial charge in [-0.1, -0.05) is 0 Å². The van der Waals surface area contributed by atoms with Gasteiger partial charge in [-0.25, -0.2) is 0 Å². The summed E-state index contributed by atoms with van der Waals surface area (Å²) in [6.45, 7) is 9.65. The highest BCUT2D eigenvalue weighted by Gasteiger charge is 2.20. The molecule has 0 aromatic carbocycles. The average Bonchev–Trinajstić information content (AvgIpc) is 2.78. The number of ether oxygens (including phenoxy) is 1. The van der Waals surface area contributed by atoms with Crippen molar-refractivity contribution in [2.45, 2.75) is 45.9 Å². The van der Waals surface area contributed by atoms with Crippen LogP contribution < -0.4 is 5.73 Å². The fourth-order valence-electron chi connectivity index (χ4n) is 2.70. The van der Waals surface area contributed by atoms with Crippen LogP contribution in [0.3, 0.4) is 0 Å². The molecule has 1 aliphatic rings. The van der Waals surface area contributed by atoms with E-state index in [0.29, 0.717) is 19.3 Å². The summed E-state index contributed by atoms with van der Waals surface area (Å²) < 4.78 is 7.81. The predicted octanol–water partition coefficient (Wildman–Crippen LogP) is 1.15. The summed E-state index contributed by atoms with van der Waals surface area (Å²) in [5, 5.41) is 4.50. The molecule has 0 amide bonds. The summed E-state index contributed by atoms with van der Waals surface area (Å²) >= 11 is 0. The second kappa shape index (κ2) is 7.03. The lowest BCUT2D eigenvalue weighted by Gasteiger charge is -2.31. The number of nitrogens with two attached hydrogens (primary N) is 1. The molecule has 2 N–H and O–H groups in total. The van der Waals surface area contributed by atoms with Gasteiger partial charge in [0.2, 0.25) is 0 Å². The largest absolute Gasteiger partial charge is 0.377 e. The van der Waals surface area contributed by atoms with Crippen molar-refractivity contribution in [2.75, 3.05) is 26.2 Å². The lowest BCUT2D eigenvalue weighted by atomic mass is 10.1. The van der Waals surface area contributed by atoms with E-state index in [1.165, 1.54) is 5.69 Å². The first-order valence-corrected chi connectivity index (χ1v) is 7.30. The van der Waals surface area contributed by atoms with E-state index in [2.05, 4.69) is 34.6 Å². The third-order valence-corrected chi connectivity index (χ3v) is 3.68. The molecule has 0 radical (unpaired) electrons. The van der Waals surface area contributed by atoms with Gasteiger partial charge in [0.1, 0.15) is 0 Å². The lowest BCUT2D eigenvalue weighted by molar-refractivity contribution is 0.00930. The minimum Gasteiger partial charge on any atom is -0.377 e. The van der Waals surface area contributed by atoms with Crippen LogP contribution >= 0.6 is 0 Å². The highest BCUT2D eigenvalue weighted by Crippen LogP contribution is 2.16. The Morgan fingerprint density at radius 1 is 1.42 bits per heavy atom. The zero-order valence-corrected chi connectivity index (χ0v) is 12.1. The van der Waals surface area contributed by atoms with Crippen LogP contribution in [0.15, 0.2) is 6.07 Å². The van der Waals surface area contributed by atoms with Crippen LogP contribution in [-0.2, 0) is 17.8 Å². The minimum absolute atomic E-state index is 0.401. The Labute approximate surface area is 115 Å². The molecule has 0 atom stereocenters. The van der Waals surface area contributed by atoms with Crippen LogP contribution in [0, 0.1) is 6.92 Å². The molecule has 1 saturated heterocycles. The van der Waals surface area contributed by atoms with Gasteiger partial charge in [0.25, 0.3) is 0 Å². The number of likely N-dealkylation sites (tertiary alicyclic amines) is 1. The van der Waals surface area contributed by atoms with Gasteiger partial charge in [-0.15, -0.1) is 0 Å². The quantitative estimate of drug-likeness (QED) is 0.839. The molecule has 0 spiro atoms. The molecule has 5 heteroatoms. The molecule has 2 heterocycles. The molecular formula is C14H26N4O. The van der Waals surface area contributed by atoms with E-state index in [1.807, 2.05) is 0 Å². The maximum atomic E-state index is 5.71. The van der Waals surface area contributed by atoms with E-state index in [0.717, 1.165) is 44.7 Å². The van der Waals surface area contributed by atoms with E-state index in [1.54, 1.807) is 0 Å². The number of aromatic nitrogens is 2. The molecular weight excluding hydrogens is 240 g/mol. The van der Waals surface area contributed by atoms with Crippen molar-refractivity contribution in [1.82, 2.24) is 14.7 Å². The number of aryl methyl sites for hydroxylation is 2. The zero-order chi connectivity index (χ0) is 13.7. The molecule has 1 aliphatic heterocycles. The van der Waals surface area contributed by atoms with Crippen molar-refractivity contribution in [1.29, 1.82) is 0 Å². The van der Waals surface area contributed by atoms with Crippen LogP contribution in [0.25, 0.3) is 0 Å². The Kier molecular flexibility index (Phi) is 5.36. The van der Waals surface area contributed by atoms with Gasteiger partial charge in [-0.05, 0) is 32.8 Å². The summed E-state index contributed by atoms with van der Waals surface area (Å²) in [7, 11) is 0. The van der Waals surface area contributed by atoms with Gasteiger partial charge in [0, 0.05) is 32.7 Å². The Morgan fingerprint density at radius 3 is 2.79 bits per heavy atom. The van der Waals surface area contributed by atoms with Crippen molar-refractivity contribution in [3.8, 4) is 0 Å². The highest BCUT2D eigenvalue weighted by molar-refractivity contribution is 5.09. The number of hydrogen-bond donors (Lipinski definition) is 1. The van der Waals surface area contributed by atoms with Crippen LogP contribution in [0.2, 0.25) is 0 Å². The van der Waals surface area contributed by atoms with Crippen LogP contribution in [0.4, 0.5) is 0 Å². The van der Waals surface area contributed by atoms with Crippen molar-refractivity contribution < 1.29 is 4.74 Å². The highest BCUT2D eigenvalue weighted by atomic mass is 16.5. The molecule has 5 nitrogen and oxygen atoms in total. The molecule has 0 bridgehead atoms. The van der Waals surface area contributed by atoms with E-state index in [9.17, 15) is 0 Å². The fourth-order valence-corrected chi connectivity index (χ4v) is 2.70. The third kappa shape index (κ3) is 4.03. The lowest BCUT2D eigenvalue weighted by Crippen LogP contribution is -2.37. The maximum absolute atomic E-state index is 5.71. The predicted molar refractivity (Wildman–Crippen MR) is 75.9 cm³/mol. The molecule has 0 saturated carbocycles. The van der Waals surface area contributed by atoms with Gasteiger partial charge in [0.05, 0.1) is 24.1 Å². The normalized spacial score (nSPS) is 18.1. The van der Waals surface area contributed by atoms with Gasteiger partial charge in [-0.2, -0.15) is 5.10 Å². The zero-order valence-electron chi connectivity index (χ0n) is 12.1. The summed E-state index contributed by atoms with van der Waals surface area (Å²) in [6, 6.07) is 2.19. The molecule has 1 aromatic rings. The summed E-state index contributed by atoms with van der Waals surface area (Å²) in [5.74, 6) is 0. The minimum atomic E-state index is 0.401. The van der Waals surface area contributed by atoms with Crippen molar-refractivity contribution >= 4 is 0 Å². The van der Waals surface area contributed by atoms with Gasteiger partial charge in [0.15, 0.2) is 0 Å². The Morgan fingerprint density at radius 2 is 2.16 bits per heavy atom. The van der Waals surface area contributed by atoms with E-state index in [4.69, 9.17) is 10.5 Å². The molecule has 1 aromatic heterocycles. The van der Waals surface area contributed by atoms with Crippen molar-refractivity contribution in [2.24, 2.45) is 5.73 Å². The fraction of sp³-hybridized carbons (Fsp3) is 0.786. The van der Waals surface area contributed by atoms with Crippen LogP contribution in [0.1, 0.15) is 31.2 Å². The molecule has 19 heavy (non-hydrogen) atoms. The molecule has 0 aliphatic carbocycles. The van der Waals surface area contributed by atoms with E-state index < -0.39 is 0 Å². The molecule has 2 rings (SSSR count). The van der Waals surface area contributed by atoms with E-state index in [-0.39, 0.29) is 0 Å².